The molecule has 0 unspecified atom stereocenters. The second-order valence-corrected chi connectivity index (χ2v) is 1.41. The van der Waals surface area contributed by atoms with Crippen LogP contribution in [0.4, 0.5) is 0 Å². The van der Waals surface area contributed by atoms with Gasteiger partial charge >= 0.3 is 75.5 Å². The molecule has 0 aromatic rings. The smallest absolute Gasteiger partial charge is 1.00 e. The minimum Gasteiger partial charge on any atom is -1.00 e. The fourth-order valence-electron chi connectivity index (χ4n) is 0. The monoisotopic (exact) mass is 178 g/mol. The van der Waals surface area contributed by atoms with Crippen LogP contribution in [0.5, 0.6) is 0 Å². The van der Waals surface area contributed by atoms with E-state index in [1.165, 1.54) is 0 Å². The molecule has 0 fully saturated rings. The molecule has 0 aromatic heterocycles. The van der Waals surface area contributed by atoms with Crippen molar-refractivity contribution in [3.05, 3.63) is 0 Å². The van der Waals surface area contributed by atoms with Crippen LogP contribution >= 0.6 is 7.82 Å². The van der Waals surface area contributed by atoms with Gasteiger partial charge in [-0.15, -0.1) is 0 Å². The van der Waals surface area contributed by atoms with E-state index in [1.54, 1.807) is 0 Å². The minimum atomic E-state index is -5.14. The van der Waals surface area contributed by atoms with Gasteiger partial charge in [-0.2, -0.15) is 0 Å². The Bertz CT molecular complexity index is 62.7. The van der Waals surface area contributed by atoms with Gasteiger partial charge in [0.05, 0.1) is 7.82 Å². The predicted octanol–water partition coefficient (Wildman–Crippen LogP) is -2.73. The Morgan fingerprint density at radius 2 is 1.43 bits per heavy atom. The molecule has 0 saturated heterocycles. The predicted molar refractivity (Wildman–Crippen MR) is 23.6 cm³/mol. The van der Waals surface area contributed by atoms with Crippen LogP contribution in [-0.4, -0.2) is 80.4 Å². The quantitative estimate of drug-likeness (QED) is 0.322. The maximum absolute atomic E-state index is 8.66. The van der Waals surface area contributed by atoms with Crippen molar-refractivity contribution in [2.24, 2.45) is 0 Å². The summed E-state index contributed by atoms with van der Waals surface area (Å²) in [6, 6.07) is 0. The van der Waals surface area contributed by atoms with E-state index >= 15 is 0 Å². The molecule has 0 aliphatic rings. The van der Waals surface area contributed by atoms with Crippen LogP contribution in [0, 0.1) is 0 Å². The average Bonchev–Trinajstić information content (AvgIpc) is 0.722. The molecule has 1 N–H and O–H groups in total. The maximum atomic E-state index is 8.66. The number of hydrogen-bond donors (Lipinski definition) is 1. The van der Waals surface area contributed by atoms with Gasteiger partial charge < -0.3 is 22.1 Å². The van der Waals surface area contributed by atoms with Crippen LogP contribution in [0.15, 0.2) is 0 Å². The van der Waals surface area contributed by atoms with Crippen molar-refractivity contribution in [1.82, 2.24) is 0 Å². The Morgan fingerprint density at radius 3 is 1.43 bits per heavy atom. The topological polar surface area (TPSA) is 83.4 Å². The molecule has 0 aliphatic heterocycles. The Morgan fingerprint density at radius 1 is 1.43 bits per heavy atom. The van der Waals surface area contributed by atoms with Crippen molar-refractivity contribution in [2.75, 3.05) is 0 Å². The van der Waals surface area contributed by atoms with Crippen LogP contribution in [-0.2, 0) is 4.57 Å². The molecule has 0 aliphatic carbocycles. The van der Waals surface area contributed by atoms with Gasteiger partial charge in [0.2, 0.25) is 0 Å². The van der Waals surface area contributed by atoms with E-state index in [-0.39, 0.29) is 78.3 Å². The van der Waals surface area contributed by atoms with Crippen LogP contribution in [0.1, 0.15) is 2.85 Å². The zero-order valence-corrected chi connectivity index (χ0v) is 8.84. The second kappa shape index (κ2) is 6.75. The Balaban J connectivity index is -0.0000000133. The molecule has 0 amide bonds. The molecule has 7 heavy (non-hydrogen) atoms. The SMILES string of the molecule is O=P([O-])([O-])O.[Ca+2].[Ca+2].[H-].[H-]. The first kappa shape index (κ1) is 16.3. The molecular formula is H3Ca2O4P. The Hall–Kier alpha value is 2.63. The third kappa shape index (κ3) is 54.9. The molecule has 4 nitrogen and oxygen atoms in total. The number of phosphoric acid groups is 1. The van der Waals surface area contributed by atoms with Gasteiger partial charge in [-0.1, -0.05) is 0 Å². The van der Waals surface area contributed by atoms with Crippen molar-refractivity contribution in [1.29, 1.82) is 0 Å². The van der Waals surface area contributed by atoms with Gasteiger partial charge in [-0.3, -0.25) is 0 Å². The summed E-state index contributed by atoms with van der Waals surface area (Å²) in [5.41, 5.74) is 0. The van der Waals surface area contributed by atoms with Crippen LogP contribution in [0.25, 0.3) is 0 Å². The van der Waals surface area contributed by atoms with Gasteiger partial charge in [0.25, 0.3) is 0 Å². The summed E-state index contributed by atoms with van der Waals surface area (Å²) in [4.78, 5) is 24.3. The number of hydrogen-bond acceptors (Lipinski definition) is 3. The van der Waals surface area contributed by atoms with Crippen molar-refractivity contribution in [3.8, 4) is 0 Å². The van der Waals surface area contributed by atoms with Crippen LogP contribution in [0.2, 0.25) is 0 Å². The van der Waals surface area contributed by atoms with E-state index in [0.717, 1.165) is 0 Å². The molecule has 0 bridgehead atoms. The summed E-state index contributed by atoms with van der Waals surface area (Å²) in [6.07, 6.45) is 0. The Kier molecular flexibility index (Phi) is 15.7. The van der Waals surface area contributed by atoms with E-state index in [9.17, 15) is 0 Å². The van der Waals surface area contributed by atoms with E-state index in [1.807, 2.05) is 0 Å². The Labute approximate surface area is 104 Å². The molecule has 36 valence electrons. The minimum absolute atomic E-state index is 0. The first-order valence-corrected chi connectivity index (χ1v) is 2.24. The van der Waals surface area contributed by atoms with Gasteiger partial charge in [0.1, 0.15) is 0 Å². The largest absolute Gasteiger partial charge is 2.00 e. The van der Waals surface area contributed by atoms with Gasteiger partial charge in [0, 0.05) is 0 Å². The van der Waals surface area contributed by atoms with Gasteiger partial charge in [0.15, 0.2) is 0 Å². The third-order valence-corrected chi connectivity index (χ3v) is 0. The first-order chi connectivity index (χ1) is 2.00. The molecule has 0 spiro atoms. The summed E-state index contributed by atoms with van der Waals surface area (Å²) in [6.45, 7) is 0. The van der Waals surface area contributed by atoms with Crippen molar-refractivity contribution in [2.45, 2.75) is 0 Å². The number of rotatable bonds is 0. The zero-order valence-electron chi connectivity index (χ0n) is 5.53. The van der Waals surface area contributed by atoms with E-state index < -0.39 is 7.82 Å². The molecule has 7 heteroatoms. The zero-order chi connectivity index (χ0) is 4.50. The standard InChI is InChI=1S/2Ca.H3O4P.2H/c;;1-5(2,3)4;;/h;;(H3,1,2,3,4);;/q2*+2;;2*-1/p-2. The summed E-state index contributed by atoms with van der Waals surface area (Å²) < 4.78 is 8.66. The summed E-state index contributed by atoms with van der Waals surface area (Å²) in [5, 5.41) is 0. The second-order valence-electron chi connectivity index (χ2n) is 0.469. The van der Waals surface area contributed by atoms with Crippen molar-refractivity contribution >= 4 is 83.3 Å². The van der Waals surface area contributed by atoms with Crippen LogP contribution in [0.3, 0.4) is 0 Å². The average molecular weight is 178 g/mol. The van der Waals surface area contributed by atoms with Crippen molar-refractivity contribution in [3.63, 3.8) is 0 Å². The van der Waals surface area contributed by atoms with Crippen molar-refractivity contribution < 1.29 is 22.1 Å². The molecule has 0 atom stereocenters. The molecular weight excluding hydrogens is 175 g/mol. The molecule has 0 radical (unpaired) electrons. The molecule has 0 heterocycles. The molecule has 0 saturated carbocycles. The fourth-order valence-corrected chi connectivity index (χ4v) is 0. The normalized spacial score (nSPS) is 8.43. The third-order valence-electron chi connectivity index (χ3n) is 0. The summed E-state index contributed by atoms with van der Waals surface area (Å²) in [5.74, 6) is 0. The van der Waals surface area contributed by atoms with E-state index in [4.69, 9.17) is 19.2 Å². The van der Waals surface area contributed by atoms with Crippen LogP contribution < -0.4 is 9.79 Å². The van der Waals surface area contributed by atoms with E-state index in [2.05, 4.69) is 0 Å². The molecule has 0 rings (SSSR count). The maximum Gasteiger partial charge on any atom is 2.00 e. The van der Waals surface area contributed by atoms with E-state index in [0.29, 0.717) is 0 Å². The van der Waals surface area contributed by atoms with Gasteiger partial charge in [-0.05, 0) is 0 Å². The summed E-state index contributed by atoms with van der Waals surface area (Å²) in [7, 11) is -5.14. The summed E-state index contributed by atoms with van der Waals surface area (Å²) >= 11 is 0. The first-order valence-electron chi connectivity index (χ1n) is 0.748. The van der Waals surface area contributed by atoms with Gasteiger partial charge in [-0.25, -0.2) is 0 Å². The molecule has 0 aromatic carbocycles. The fraction of sp³-hybridized carbons (Fsp3) is 0.